The number of aromatic nitrogens is 2. The summed E-state index contributed by atoms with van der Waals surface area (Å²) in [6.45, 7) is 0. The van der Waals surface area contributed by atoms with E-state index < -0.39 is 0 Å². The Labute approximate surface area is 368 Å². The minimum Gasteiger partial charge on any atom is -0.436 e. The average molecular weight is 826 g/mol. The van der Waals surface area contributed by atoms with Gasteiger partial charge in [0.15, 0.2) is 11.2 Å². The fourth-order valence-corrected chi connectivity index (χ4v) is 8.60. The summed E-state index contributed by atoms with van der Waals surface area (Å²) in [7, 11) is 0. The van der Waals surface area contributed by atoms with Gasteiger partial charge in [-0.3, -0.25) is 0 Å². The van der Waals surface area contributed by atoms with E-state index in [1.807, 2.05) is 60.7 Å². The van der Waals surface area contributed by atoms with Gasteiger partial charge in [0.25, 0.3) is 0 Å². The molecule has 10 aromatic carbocycles. The lowest BCUT2D eigenvalue weighted by atomic mass is 9.98. The number of fused-ring (bicyclic) bond motifs is 4. The molecular weight excluding hydrogens is 790 g/mol. The lowest BCUT2D eigenvalue weighted by molar-refractivity contribution is 0.619. The van der Waals surface area contributed by atoms with Crippen molar-refractivity contribution in [3.05, 3.63) is 224 Å². The molecule has 0 fully saturated rings. The molecule has 6 heteroatoms. The molecule has 302 valence electrons. The molecule has 2 heterocycles. The van der Waals surface area contributed by atoms with Gasteiger partial charge < -0.3 is 13.7 Å². The van der Waals surface area contributed by atoms with Crippen LogP contribution in [-0.4, -0.2) is 9.97 Å². The summed E-state index contributed by atoms with van der Waals surface area (Å²) in [5.41, 5.74) is 14.8. The highest BCUT2D eigenvalue weighted by Crippen LogP contribution is 2.39. The van der Waals surface area contributed by atoms with Gasteiger partial charge in [-0.2, -0.15) is 0 Å². The fourth-order valence-electron chi connectivity index (χ4n) is 8.60. The van der Waals surface area contributed by atoms with Crippen LogP contribution >= 0.6 is 0 Å². The average Bonchev–Trinajstić information content (AvgIpc) is 4.00. The van der Waals surface area contributed by atoms with Gasteiger partial charge in [-0.25, -0.2) is 14.4 Å². The predicted molar refractivity (Wildman–Crippen MR) is 258 cm³/mol. The van der Waals surface area contributed by atoms with Crippen molar-refractivity contribution in [2.45, 2.75) is 0 Å². The van der Waals surface area contributed by atoms with Gasteiger partial charge in [0.05, 0.1) is 0 Å². The van der Waals surface area contributed by atoms with Crippen LogP contribution in [0.2, 0.25) is 0 Å². The van der Waals surface area contributed by atoms with E-state index in [0.717, 1.165) is 105 Å². The van der Waals surface area contributed by atoms with E-state index in [1.54, 1.807) is 6.07 Å². The Morgan fingerprint density at radius 1 is 0.312 bits per heavy atom. The Morgan fingerprint density at radius 3 is 1.16 bits per heavy atom. The minimum atomic E-state index is -0.227. The van der Waals surface area contributed by atoms with Crippen LogP contribution in [0.3, 0.4) is 0 Å². The molecule has 0 amide bonds. The van der Waals surface area contributed by atoms with Gasteiger partial charge in [-0.1, -0.05) is 109 Å². The molecule has 64 heavy (non-hydrogen) atoms. The maximum Gasteiger partial charge on any atom is 0.227 e. The second-order valence-electron chi connectivity index (χ2n) is 16.0. The van der Waals surface area contributed by atoms with Crippen molar-refractivity contribution in [2.75, 3.05) is 4.90 Å². The van der Waals surface area contributed by atoms with Crippen molar-refractivity contribution in [1.29, 1.82) is 0 Å². The lowest BCUT2D eigenvalue weighted by Crippen LogP contribution is -2.09. The van der Waals surface area contributed by atoms with Crippen LogP contribution < -0.4 is 4.90 Å². The minimum absolute atomic E-state index is 0.227. The molecule has 0 aliphatic rings. The summed E-state index contributed by atoms with van der Waals surface area (Å²) in [5, 5.41) is 4.16. The first-order chi connectivity index (χ1) is 31.5. The zero-order valence-electron chi connectivity index (χ0n) is 34.3. The molecular formula is C58H36FN3O2. The van der Waals surface area contributed by atoms with Crippen molar-refractivity contribution in [2.24, 2.45) is 0 Å². The third kappa shape index (κ3) is 6.93. The number of rotatable bonds is 8. The summed E-state index contributed by atoms with van der Waals surface area (Å²) in [6.07, 6.45) is 0. The van der Waals surface area contributed by atoms with E-state index in [-0.39, 0.29) is 5.82 Å². The number of para-hydroxylation sites is 4. The van der Waals surface area contributed by atoms with E-state index >= 15 is 0 Å². The maximum absolute atomic E-state index is 13.9. The summed E-state index contributed by atoms with van der Waals surface area (Å²) >= 11 is 0. The highest BCUT2D eigenvalue weighted by Gasteiger charge is 2.16. The van der Waals surface area contributed by atoms with Crippen LogP contribution in [-0.2, 0) is 0 Å². The summed E-state index contributed by atoms with van der Waals surface area (Å²) in [4.78, 5) is 11.7. The van der Waals surface area contributed by atoms with Crippen LogP contribution in [0.4, 0.5) is 21.5 Å². The first-order valence-corrected chi connectivity index (χ1v) is 21.2. The normalized spacial score (nSPS) is 11.5. The molecule has 0 atom stereocenters. The summed E-state index contributed by atoms with van der Waals surface area (Å²) in [6, 6.07) is 74.1. The smallest absolute Gasteiger partial charge is 0.227 e. The predicted octanol–water partition coefficient (Wildman–Crippen LogP) is 16.2. The van der Waals surface area contributed by atoms with Gasteiger partial charge in [-0.15, -0.1) is 0 Å². The van der Waals surface area contributed by atoms with Crippen LogP contribution in [0.5, 0.6) is 0 Å². The van der Waals surface area contributed by atoms with Gasteiger partial charge in [0.2, 0.25) is 11.8 Å². The first kappa shape index (κ1) is 37.2. The monoisotopic (exact) mass is 825 g/mol. The number of anilines is 3. The highest BCUT2D eigenvalue weighted by molar-refractivity contribution is 5.94. The Balaban J connectivity index is 0.868. The van der Waals surface area contributed by atoms with E-state index in [1.165, 1.54) is 6.07 Å². The van der Waals surface area contributed by atoms with E-state index in [4.69, 9.17) is 8.83 Å². The van der Waals surface area contributed by atoms with Crippen molar-refractivity contribution in [3.8, 4) is 56.3 Å². The second-order valence-corrected chi connectivity index (χ2v) is 16.0. The molecule has 0 aliphatic heterocycles. The van der Waals surface area contributed by atoms with Gasteiger partial charge in [-0.05, 0) is 164 Å². The molecule has 12 rings (SSSR count). The Morgan fingerprint density at radius 2 is 0.672 bits per heavy atom. The Kier molecular flexibility index (Phi) is 8.94. The second kappa shape index (κ2) is 15.4. The van der Waals surface area contributed by atoms with Crippen LogP contribution in [0, 0.1) is 5.82 Å². The molecule has 0 saturated carbocycles. The quantitative estimate of drug-likeness (QED) is 0.153. The molecule has 5 nitrogen and oxygen atoms in total. The van der Waals surface area contributed by atoms with Gasteiger partial charge in [0.1, 0.15) is 16.9 Å². The molecule has 0 aliphatic carbocycles. The van der Waals surface area contributed by atoms with Gasteiger partial charge >= 0.3 is 0 Å². The van der Waals surface area contributed by atoms with Crippen molar-refractivity contribution in [3.63, 3.8) is 0 Å². The van der Waals surface area contributed by atoms with Crippen molar-refractivity contribution in [1.82, 2.24) is 9.97 Å². The number of hydrogen-bond acceptors (Lipinski definition) is 5. The zero-order valence-corrected chi connectivity index (χ0v) is 34.3. The summed E-state index contributed by atoms with van der Waals surface area (Å²) < 4.78 is 25.9. The number of nitrogens with zero attached hydrogens (tertiary/aromatic N) is 3. The number of benzene rings is 10. The lowest BCUT2D eigenvalue weighted by Gasteiger charge is -2.26. The third-order valence-corrected chi connectivity index (χ3v) is 12.0. The number of hydrogen-bond donors (Lipinski definition) is 0. The molecule has 0 N–H and O–H groups in total. The first-order valence-electron chi connectivity index (χ1n) is 21.2. The van der Waals surface area contributed by atoms with Crippen LogP contribution in [0.1, 0.15) is 0 Å². The van der Waals surface area contributed by atoms with E-state index in [0.29, 0.717) is 11.8 Å². The molecule has 0 unspecified atom stereocenters. The van der Waals surface area contributed by atoms with E-state index in [9.17, 15) is 4.39 Å². The van der Waals surface area contributed by atoms with Crippen LogP contribution in [0.15, 0.2) is 227 Å². The fraction of sp³-hybridized carbons (Fsp3) is 0. The van der Waals surface area contributed by atoms with Gasteiger partial charge in [0, 0.05) is 28.2 Å². The zero-order chi connectivity index (χ0) is 42.6. The van der Waals surface area contributed by atoms with Crippen molar-refractivity contribution < 1.29 is 13.2 Å². The van der Waals surface area contributed by atoms with E-state index in [2.05, 4.69) is 160 Å². The van der Waals surface area contributed by atoms with Crippen LogP contribution in [0.25, 0.3) is 100 Å². The number of oxazole rings is 2. The Bertz CT molecular complexity index is 3440. The molecule has 12 aromatic rings. The number of halogens is 1. The largest absolute Gasteiger partial charge is 0.436 e. The molecule has 0 saturated heterocycles. The third-order valence-electron chi connectivity index (χ3n) is 12.0. The SMILES string of the molecule is Fc1ccc2cc(-c3ccc4cc(N(c5ccc(-c6ccc(-c7nc8ccccc8o7)cc6)cc5)c5ccc(-c6ccc(-c7nc8ccccc8o7)cc6)cc5)ccc4c3)ccc2c1. The Hall–Kier alpha value is -8.61. The molecule has 0 bridgehead atoms. The standard InChI is InChI=1S/C58H36FN3O2/c59-49-27-21-45-33-43(17-19-47(45)35-49)44-18-20-48-36-52(32-26-46(48)34-44)62(50-28-22-39(23-29-50)37-9-13-41(14-10-37)57-60-53-5-1-3-7-55(53)63-57)51-30-24-40(25-31-51)38-11-15-42(16-12-38)58-61-54-6-2-4-8-56(54)64-58/h1-36H. The molecule has 0 spiro atoms. The molecule has 0 radical (unpaired) electrons. The maximum atomic E-state index is 13.9. The topological polar surface area (TPSA) is 55.3 Å². The highest BCUT2D eigenvalue weighted by atomic mass is 19.1. The summed E-state index contributed by atoms with van der Waals surface area (Å²) in [5.74, 6) is 0.994. The molecule has 2 aromatic heterocycles. The van der Waals surface area contributed by atoms with Crippen molar-refractivity contribution >= 4 is 60.8 Å².